The number of ether oxygens (including phenoxy) is 1. The summed E-state index contributed by atoms with van der Waals surface area (Å²) >= 11 is 1.73. The third-order valence-electron chi connectivity index (χ3n) is 6.57. The molecule has 1 amide bonds. The molecule has 1 fully saturated rings. The Bertz CT molecular complexity index is 1070. The number of aromatic nitrogens is 2. The third kappa shape index (κ3) is 3.53. The van der Waals surface area contributed by atoms with Crippen molar-refractivity contribution >= 4 is 17.7 Å². The molecule has 0 spiro atoms. The van der Waals surface area contributed by atoms with Crippen molar-refractivity contribution in [2.45, 2.75) is 49.1 Å². The number of H-pyrrole nitrogens is 1. The number of benzene rings is 2. The third-order valence-corrected chi connectivity index (χ3v) is 7.31. The minimum absolute atomic E-state index is 0.0769. The highest BCUT2D eigenvalue weighted by Crippen LogP contribution is 2.46. The van der Waals surface area contributed by atoms with Crippen LogP contribution in [0.1, 0.15) is 59.8 Å². The number of carbonyl (C=O) groups is 1. The molecule has 1 aliphatic carbocycles. The topological polar surface area (TPSA) is 58.2 Å². The van der Waals surface area contributed by atoms with Crippen molar-refractivity contribution in [3.05, 3.63) is 65.4 Å². The fourth-order valence-corrected chi connectivity index (χ4v) is 5.39. The van der Waals surface area contributed by atoms with Crippen LogP contribution < -0.4 is 4.74 Å². The molecular weight excluding hydrogens is 406 g/mol. The summed E-state index contributed by atoms with van der Waals surface area (Å²) in [6, 6.07) is 16.7. The number of nitrogens with zero attached hydrogens (tertiary/aromatic N) is 2. The van der Waals surface area contributed by atoms with E-state index in [1.54, 1.807) is 18.9 Å². The van der Waals surface area contributed by atoms with E-state index < -0.39 is 0 Å². The number of nitrogens with one attached hydrogen (secondary N) is 1. The van der Waals surface area contributed by atoms with Crippen LogP contribution in [0.15, 0.2) is 53.4 Å². The van der Waals surface area contributed by atoms with Gasteiger partial charge in [0.15, 0.2) is 0 Å². The molecule has 1 N–H and O–H groups in total. The van der Waals surface area contributed by atoms with Crippen LogP contribution in [-0.2, 0) is 0 Å². The predicted molar refractivity (Wildman–Crippen MR) is 124 cm³/mol. The van der Waals surface area contributed by atoms with Crippen LogP contribution in [0, 0.1) is 0 Å². The summed E-state index contributed by atoms with van der Waals surface area (Å²) in [7, 11) is 1.66. The largest absolute Gasteiger partial charge is 0.497 e. The highest BCUT2D eigenvalue weighted by atomic mass is 32.2. The van der Waals surface area contributed by atoms with E-state index in [2.05, 4.69) is 45.6 Å². The second-order valence-electron chi connectivity index (χ2n) is 8.27. The maximum Gasteiger partial charge on any atom is 0.273 e. The Kier molecular flexibility index (Phi) is 5.48. The Balaban J connectivity index is 1.62. The molecule has 31 heavy (non-hydrogen) atoms. The second-order valence-corrected chi connectivity index (χ2v) is 9.15. The smallest absolute Gasteiger partial charge is 0.273 e. The zero-order valence-electron chi connectivity index (χ0n) is 17.9. The molecule has 5 nitrogen and oxygen atoms in total. The first kappa shape index (κ1) is 20.2. The van der Waals surface area contributed by atoms with Crippen molar-refractivity contribution in [1.82, 2.24) is 15.1 Å². The molecule has 160 valence electrons. The Morgan fingerprint density at radius 3 is 2.39 bits per heavy atom. The summed E-state index contributed by atoms with van der Waals surface area (Å²) in [5.74, 6) is 0.883. The van der Waals surface area contributed by atoms with Gasteiger partial charge in [-0.25, -0.2) is 0 Å². The van der Waals surface area contributed by atoms with E-state index in [1.165, 1.54) is 24.2 Å². The molecule has 1 aromatic heterocycles. The van der Waals surface area contributed by atoms with Crippen molar-refractivity contribution in [1.29, 1.82) is 0 Å². The first-order valence-corrected chi connectivity index (χ1v) is 12.1. The van der Waals surface area contributed by atoms with E-state index in [0.717, 1.165) is 41.0 Å². The van der Waals surface area contributed by atoms with Crippen LogP contribution in [0.5, 0.6) is 5.75 Å². The van der Waals surface area contributed by atoms with Crippen molar-refractivity contribution in [3.63, 3.8) is 0 Å². The summed E-state index contributed by atoms with van der Waals surface area (Å²) in [5.41, 5.74) is 4.62. The molecule has 6 heteroatoms. The number of thioether (sulfide) groups is 1. The Morgan fingerprint density at radius 2 is 1.74 bits per heavy atom. The number of hydrogen-bond acceptors (Lipinski definition) is 4. The first-order valence-electron chi connectivity index (χ1n) is 10.9. The van der Waals surface area contributed by atoms with Crippen molar-refractivity contribution in [2.75, 3.05) is 13.4 Å². The van der Waals surface area contributed by atoms with Gasteiger partial charge in [-0.05, 0) is 61.1 Å². The fourth-order valence-electron chi connectivity index (χ4n) is 4.98. The zero-order valence-corrected chi connectivity index (χ0v) is 18.7. The van der Waals surface area contributed by atoms with E-state index in [9.17, 15) is 4.79 Å². The van der Waals surface area contributed by atoms with Gasteiger partial charge in [-0.2, -0.15) is 5.10 Å². The molecule has 1 atom stereocenters. The normalized spacial score (nSPS) is 19.0. The Hall–Kier alpha value is -2.73. The van der Waals surface area contributed by atoms with Crippen LogP contribution in [0.3, 0.4) is 0 Å². The maximum atomic E-state index is 13.6. The molecule has 0 radical (unpaired) electrons. The molecule has 2 aromatic carbocycles. The second kappa shape index (κ2) is 8.42. The average molecular weight is 434 g/mol. The molecule has 2 heterocycles. The molecule has 1 aliphatic heterocycles. The van der Waals surface area contributed by atoms with E-state index in [0.29, 0.717) is 5.69 Å². The van der Waals surface area contributed by atoms with Crippen molar-refractivity contribution < 1.29 is 9.53 Å². The number of methoxy groups -OCH3 is 1. The number of aromatic amines is 1. The van der Waals surface area contributed by atoms with Gasteiger partial charge in [0, 0.05) is 22.1 Å². The molecule has 1 unspecified atom stereocenters. The van der Waals surface area contributed by atoms with Gasteiger partial charge in [0.25, 0.3) is 5.91 Å². The molecule has 0 saturated heterocycles. The Labute approximate surface area is 187 Å². The quantitative estimate of drug-likeness (QED) is 0.526. The van der Waals surface area contributed by atoms with E-state index in [-0.39, 0.29) is 18.0 Å². The van der Waals surface area contributed by atoms with Crippen LogP contribution in [-0.4, -0.2) is 40.4 Å². The van der Waals surface area contributed by atoms with Gasteiger partial charge in [-0.15, -0.1) is 11.8 Å². The lowest BCUT2D eigenvalue weighted by Crippen LogP contribution is -2.40. The van der Waals surface area contributed by atoms with Gasteiger partial charge in [0.05, 0.1) is 18.8 Å². The zero-order chi connectivity index (χ0) is 21.4. The minimum atomic E-state index is -0.114. The average Bonchev–Trinajstić information content (AvgIpc) is 3.39. The van der Waals surface area contributed by atoms with Gasteiger partial charge in [-0.3, -0.25) is 9.89 Å². The number of rotatable bonds is 5. The summed E-state index contributed by atoms with van der Waals surface area (Å²) in [6.07, 6.45) is 7.85. The monoisotopic (exact) mass is 433 g/mol. The summed E-state index contributed by atoms with van der Waals surface area (Å²) in [6.45, 7) is 0. The van der Waals surface area contributed by atoms with Gasteiger partial charge in [-0.1, -0.05) is 31.4 Å². The molecule has 1 saturated carbocycles. The lowest BCUT2D eigenvalue weighted by molar-refractivity contribution is 0.0606. The number of hydrogen-bond donors (Lipinski definition) is 1. The highest BCUT2D eigenvalue weighted by Gasteiger charge is 2.45. The SMILES string of the molecule is COc1ccc(-c2n[nH]c3c2C(c2ccc(SC)cc2)N(C2CCCCC2)C3=O)cc1. The minimum Gasteiger partial charge on any atom is -0.497 e. The molecule has 2 aliphatic rings. The summed E-state index contributed by atoms with van der Waals surface area (Å²) in [4.78, 5) is 16.9. The molecule has 3 aromatic rings. The van der Waals surface area contributed by atoms with Crippen LogP contribution in [0.2, 0.25) is 0 Å². The molecule has 5 rings (SSSR count). The van der Waals surface area contributed by atoms with Gasteiger partial charge < -0.3 is 9.64 Å². The van der Waals surface area contributed by atoms with Crippen LogP contribution in [0.4, 0.5) is 0 Å². The van der Waals surface area contributed by atoms with E-state index >= 15 is 0 Å². The standard InChI is InChI=1S/C25H27N3O2S/c1-30-19-12-8-16(9-13-19)22-21-23(27-26-22)25(29)28(18-6-4-3-5-7-18)24(21)17-10-14-20(31-2)15-11-17/h8-15,18,24H,3-7H2,1-2H3,(H,26,27). The predicted octanol–water partition coefficient (Wildman–Crippen LogP) is 5.69. The summed E-state index contributed by atoms with van der Waals surface area (Å²) < 4.78 is 5.31. The Morgan fingerprint density at radius 1 is 1.03 bits per heavy atom. The number of carbonyl (C=O) groups excluding carboxylic acids is 1. The number of amides is 1. The molecule has 0 bridgehead atoms. The van der Waals surface area contributed by atoms with Gasteiger partial charge in [0.1, 0.15) is 11.4 Å². The maximum absolute atomic E-state index is 13.6. The number of fused-ring (bicyclic) bond motifs is 1. The fraction of sp³-hybridized carbons (Fsp3) is 0.360. The van der Waals surface area contributed by atoms with Crippen molar-refractivity contribution in [3.8, 4) is 17.0 Å². The van der Waals surface area contributed by atoms with Crippen molar-refractivity contribution in [2.24, 2.45) is 0 Å². The highest BCUT2D eigenvalue weighted by molar-refractivity contribution is 7.98. The van der Waals surface area contributed by atoms with Crippen LogP contribution >= 0.6 is 11.8 Å². The van der Waals surface area contributed by atoms with E-state index in [4.69, 9.17) is 4.74 Å². The lowest BCUT2D eigenvalue weighted by atomic mass is 9.91. The lowest BCUT2D eigenvalue weighted by Gasteiger charge is -2.36. The summed E-state index contributed by atoms with van der Waals surface area (Å²) in [5, 5.41) is 7.66. The van der Waals surface area contributed by atoms with Crippen LogP contribution in [0.25, 0.3) is 11.3 Å². The van der Waals surface area contributed by atoms with E-state index in [1.807, 2.05) is 24.3 Å². The molecular formula is C25H27N3O2S. The van der Waals surface area contributed by atoms with Gasteiger partial charge in [0.2, 0.25) is 0 Å². The van der Waals surface area contributed by atoms with Gasteiger partial charge >= 0.3 is 0 Å². The first-order chi connectivity index (χ1) is 15.2.